The summed E-state index contributed by atoms with van der Waals surface area (Å²) >= 11 is 1.28. The van der Waals surface area contributed by atoms with Crippen LogP contribution in [-0.4, -0.2) is 26.0 Å². The number of nitrogens with two attached hydrogens (primary N) is 1. The molecular formula is C19H21N5OS. The third-order valence-corrected chi connectivity index (χ3v) is 4.99. The fourth-order valence-electron chi connectivity index (χ4n) is 2.40. The van der Waals surface area contributed by atoms with Crippen molar-refractivity contribution in [2.45, 2.75) is 30.8 Å². The van der Waals surface area contributed by atoms with Crippen molar-refractivity contribution in [1.29, 1.82) is 0 Å². The minimum atomic E-state index is -0.337. The Morgan fingerprint density at radius 2 is 1.85 bits per heavy atom. The number of rotatable bonds is 6. The Balaban J connectivity index is 1.63. The van der Waals surface area contributed by atoms with E-state index in [2.05, 4.69) is 15.5 Å². The molecule has 0 radical (unpaired) electrons. The molecule has 26 heavy (non-hydrogen) atoms. The quantitative estimate of drug-likeness (QED) is 0.517. The molecule has 0 saturated heterocycles. The van der Waals surface area contributed by atoms with Crippen LogP contribution in [0.3, 0.4) is 0 Å². The molecule has 0 fully saturated rings. The van der Waals surface area contributed by atoms with Crippen LogP contribution in [0.4, 0.5) is 0 Å². The molecule has 3 aromatic rings. The summed E-state index contributed by atoms with van der Waals surface area (Å²) in [4.78, 5) is 12.3. The number of thioether (sulfide) groups is 1. The Kier molecular flexibility index (Phi) is 5.58. The number of nitrogens with zero attached hydrogens (tertiary/aromatic N) is 3. The first-order chi connectivity index (χ1) is 12.5. The normalized spacial score (nSPS) is 11.9. The molecule has 1 heterocycles. The summed E-state index contributed by atoms with van der Waals surface area (Å²) in [6, 6.07) is 17.7. The smallest absolute Gasteiger partial charge is 0.233 e. The van der Waals surface area contributed by atoms with Gasteiger partial charge in [0.2, 0.25) is 11.1 Å². The van der Waals surface area contributed by atoms with E-state index in [1.54, 1.807) is 0 Å². The lowest BCUT2D eigenvalue weighted by molar-refractivity contribution is -0.120. The van der Waals surface area contributed by atoms with Crippen molar-refractivity contribution in [1.82, 2.24) is 20.2 Å². The highest BCUT2D eigenvalue weighted by molar-refractivity contribution is 8.00. The molecule has 0 spiro atoms. The summed E-state index contributed by atoms with van der Waals surface area (Å²) in [5.41, 5.74) is 3.11. The third kappa shape index (κ3) is 4.23. The first-order valence-corrected chi connectivity index (χ1v) is 9.18. The minimum Gasteiger partial charge on any atom is -0.351 e. The van der Waals surface area contributed by atoms with Gasteiger partial charge in [-0.15, -0.1) is 10.2 Å². The van der Waals surface area contributed by atoms with E-state index in [-0.39, 0.29) is 11.2 Å². The first kappa shape index (κ1) is 18.0. The molecule has 1 atom stereocenters. The van der Waals surface area contributed by atoms with Gasteiger partial charge in [0.25, 0.3) is 0 Å². The number of benzene rings is 2. The highest BCUT2D eigenvalue weighted by Crippen LogP contribution is 2.25. The van der Waals surface area contributed by atoms with Gasteiger partial charge in [-0.1, -0.05) is 71.9 Å². The maximum atomic E-state index is 12.3. The average molecular weight is 367 g/mol. The van der Waals surface area contributed by atoms with Gasteiger partial charge in [0.1, 0.15) is 0 Å². The Bertz CT molecular complexity index is 877. The summed E-state index contributed by atoms with van der Waals surface area (Å²) in [5.74, 6) is 6.63. The molecule has 1 amide bonds. The van der Waals surface area contributed by atoms with Crippen molar-refractivity contribution in [3.05, 3.63) is 65.7 Å². The number of hydrogen-bond donors (Lipinski definition) is 2. The number of aromatic nitrogens is 3. The molecule has 3 N–H and O–H groups in total. The largest absolute Gasteiger partial charge is 0.351 e. The van der Waals surface area contributed by atoms with E-state index in [0.717, 1.165) is 16.7 Å². The van der Waals surface area contributed by atoms with E-state index in [9.17, 15) is 4.79 Å². The standard InChI is InChI=1S/C19H21N5OS/c1-13-8-10-16(11-9-13)17-22-23-19(24(17)20)26-14(2)18(25)21-12-15-6-4-3-5-7-15/h3-11,14H,12,20H2,1-2H3,(H,21,25). The summed E-state index contributed by atoms with van der Waals surface area (Å²) in [7, 11) is 0. The molecule has 0 aliphatic heterocycles. The van der Waals surface area contributed by atoms with Gasteiger partial charge >= 0.3 is 0 Å². The van der Waals surface area contributed by atoms with Crippen molar-refractivity contribution in [3.8, 4) is 11.4 Å². The highest BCUT2D eigenvalue weighted by Gasteiger charge is 2.19. The van der Waals surface area contributed by atoms with Gasteiger partial charge in [-0.25, -0.2) is 4.68 Å². The summed E-state index contributed by atoms with van der Waals surface area (Å²) < 4.78 is 1.43. The SMILES string of the molecule is Cc1ccc(-c2nnc(SC(C)C(=O)NCc3ccccc3)n2N)cc1. The van der Waals surface area contributed by atoms with Gasteiger partial charge in [0.05, 0.1) is 5.25 Å². The number of carbonyl (C=O) groups is 1. The van der Waals surface area contributed by atoms with Crippen LogP contribution in [0.15, 0.2) is 59.8 Å². The molecule has 0 aliphatic rings. The van der Waals surface area contributed by atoms with Crippen molar-refractivity contribution in [2.75, 3.05) is 5.84 Å². The molecular weight excluding hydrogens is 346 g/mol. The molecule has 0 bridgehead atoms. The number of carbonyl (C=O) groups excluding carboxylic acids is 1. The van der Waals surface area contributed by atoms with E-state index in [1.165, 1.54) is 16.4 Å². The lowest BCUT2D eigenvalue weighted by Gasteiger charge is -2.11. The van der Waals surface area contributed by atoms with Gasteiger partial charge in [0, 0.05) is 12.1 Å². The van der Waals surface area contributed by atoms with E-state index < -0.39 is 0 Å². The van der Waals surface area contributed by atoms with Crippen LogP contribution >= 0.6 is 11.8 Å². The van der Waals surface area contributed by atoms with Crippen LogP contribution in [0.1, 0.15) is 18.1 Å². The molecule has 0 saturated carbocycles. The number of hydrogen-bond acceptors (Lipinski definition) is 5. The van der Waals surface area contributed by atoms with E-state index in [1.807, 2.05) is 68.4 Å². The number of aryl methyl sites for hydroxylation is 1. The van der Waals surface area contributed by atoms with Gasteiger partial charge in [0.15, 0.2) is 5.82 Å². The summed E-state index contributed by atoms with van der Waals surface area (Å²) in [6.45, 7) is 4.34. The minimum absolute atomic E-state index is 0.0706. The second kappa shape index (κ2) is 8.05. The Morgan fingerprint density at radius 3 is 2.54 bits per heavy atom. The summed E-state index contributed by atoms with van der Waals surface area (Å²) in [6.07, 6.45) is 0. The molecule has 2 aromatic carbocycles. The van der Waals surface area contributed by atoms with Crippen molar-refractivity contribution < 1.29 is 4.79 Å². The van der Waals surface area contributed by atoms with Gasteiger partial charge < -0.3 is 11.2 Å². The second-order valence-corrected chi connectivity index (χ2v) is 7.31. The van der Waals surface area contributed by atoms with Crippen molar-refractivity contribution in [2.24, 2.45) is 0 Å². The Labute approximate surface area is 156 Å². The molecule has 134 valence electrons. The molecule has 6 nitrogen and oxygen atoms in total. The van der Waals surface area contributed by atoms with Crippen LogP contribution < -0.4 is 11.2 Å². The highest BCUT2D eigenvalue weighted by atomic mass is 32.2. The fraction of sp³-hybridized carbons (Fsp3) is 0.211. The van der Waals surface area contributed by atoms with Crippen molar-refractivity contribution >= 4 is 17.7 Å². The molecule has 0 aliphatic carbocycles. The Hall–Kier alpha value is -2.80. The van der Waals surface area contributed by atoms with Crippen LogP contribution in [0.25, 0.3) is 11.4 Å². The zero-order chi connectivity index (χ0) is 18.5. The zero-order valence-electron chi connectivity index (χ0n) is 14.7. The third-order valence-electron chi connectivity index (χ3n) is 3.94. The lowest BCUT2D eigenvalue weighted by atomic mass is 10.1. The predicted octanol–water partition coefficient (Wildman–Crippen LogP) is 2.76. The summed E-state index contributed by atoms with van der Waals surface area (Å²) in [5, 5.41) is 11.4. The zero-order valence-corrected chi connectivity index (χ0v) is 15.5. The van der Waals surface area contributed by atoms with Crippen LogP contribution in [0, 0.1) is 6.92 Å². The molecule has 1 unspecified atom stereocenters. The van der Waals surface area contributed by atoms with Gasteiger partial charge in [-0.05, 0) is 19.4 Å². The van der Waals surface area contributed by atoms with E-state index in [0.29, 0.717) is 17.5 Å². The van der Waals surface area contributed by atoms with Crippen LogP contribution in [-0.2, 0) is 11.3 Å². The van der Waals surface area contributed by atoms with Crippen LogP contribution in [0.5, 0.6) is 0 Å². The average Bonchev–Trinajstić information content (AvgIpc) is 3.01. The maximum Gasteiger partial charge on any atom is 0.233 e. The molecule has 7 heteroatoms. The molecule has 3 rings (SSSR count). The lowest BCUT2D eigenvalue weighted by Crippen LogP contribution is -2.30. The first-order valence-electron chi connectivity index (χ1n) is 8.30. The monoisotopic (exact) mass is 367 g/mol. The topological polar surface area (TPSA) is 85.8 Å². The second-order valence-electron chi connectivity index (χ2n) is 6.01. The van der Waals surface area contributed by atoms with Gasteiger partial charge in [-0.2, -0.15) is 0 Å². The number of nitrogen functional groups attached to an aromatic ring is 1. The fourth-order valence-corrected chi connectivity index (χ4v) is 3.19. The predicted molar refractivity (Wildman–Crippen MR) is 104 cm³/mol. The van der Waals surface area contributed by atoms with E-state index >= 15 is 0 Å². The number of nitrogens with one attached hydrogen (secondary N) is 1. The van der Waals surface area contributed by atoms with Crippen molar-refractivity contribution in [3.63, 3.8) is 0 Å². The van der Waals surface area contributed by atoms with Crippen LogP contribution in [0.2, 0.25) is 0 Å². The van der Waals surface area contributed by atoms with E-state index in [4.69, 9.17) is 5.84 Å². The Morgan fingerprint density at radius 1 is 1.15 bits per heavy atom. The van der Waals surface area contributed by atoms with Gasteiger partial charge in [-0.3, -0.25) is 4.79 Å². The number of amides is 1. The molecule has 1 aromatic heterocycles. The maximum absolute atomic E-state index is 12.3.